The van der Waals surface area contributed by atoms with E-state index in [2.05, 4.69) is 31.9 Å². The van der Waals surface area contributed by atoms with E-state index < -0.39 is 0 Å². The van der Waals surface area contributed by atoms with Crippen molar-refractivity contribution in [3.63, 3.8) is 0 Å². The largest absolute Gasteiger partial charge is 0.493 e. The Morgan fingerprint density at radius 2 is 1.85 bits per heavy atom. The van der Waals surface area contributed by atoms with E-state index in [1.165, 1.54) is 12.1 Å². The fourth-order valence-corrected chi connectivity index (χ4v) is 3.10. The summed E-state index contributed by atoms with van der Waals surface area (Å²) in [6, 6.07) is 12.7. The first kappa shape index (κ1) is 15.5. The average molecular weight is 402 g/mol. The Balaban J connectivity index is 2.10. The van der Waals surface area contributed by atoms with Gasteiger partial charge in [0.15, 0.2) is 0 Å². The summed E-state index contributed by atoms with van der Waals surface area (Å²) in [5.74, 6) is 0.640. The first-order valence-electron chi connectivity index (χ1n) is 6.41. The van der Waals surface area contributed by atoms with Crippen molar-refractivity contribution in [3.8, 4) is 5.75 Å². The lowest BCUT2D eigenvalue weighted by atomic mass is 10.0. The maximum Gasteiger partial charge on any atom is 0.133 e. The van der Waals surface area contributed by atoms with Gasteiger partial charge in [0, 0.05) is 4.83 Å². The number of ether oxygens (including phenoxy) is 1. The van der Waals surface area contributed by atoms with E-state index in [1.807, 2.05) is 37.3 Å². The number of benzene rings is 2. The van der Waals surface area contributed by atoms with Crippen molar-refractivity contribution >= 4 is 31.9 Å². The second-order valence-corrected chi connectivity index (χ2v) is 6.38. The van der Waals surface area contributed by atoms with E-state index in [4.69, 9.17) is 4.74 Å². The van der Waals surface area contributed by atoms with Crippen LogP contribution in [-0.4, -0.2) is 6.61 Å². The number of hydrogen-bond acceptors (Lipinski definition) is 1. The van der Waals surface area contributed by atoms with Gasteiger partial charge >= 0.3 is 0 Å². The Morgan fingerprint density at radius 1 is 1.15 bits per heavy atom. The molecule has 2 aromatic rings. The number of hydrogen-bond donors (Lipinski definition) is 0. The molecule has 2 rings (SSSR count). The van der Waals surface area contributed by atoms with Crippen molar-refractivity contribution in [1.82, 2.24) is 0 Å². The summed E-state index contributed by atoms with van der Waals surface area (Å²) in [4.78, 5) is 0.180. The number of halogens is 3. The Labute approximate surface area is 135 Å². The van der Waals surface area contributed by atoms with Crippen molar-refractivity contribution in [2.45, 2.75) is 18.2 Å². The molecule has 0 radical (unpaired) electrons. The van der Waals surface area contributed by atoms with Crippen LogP contribution in [-0.2, 0) is 6.42 Å². The second kappa shape index (κ2) is 7.23. The van der Waals surface area contributed by atoms with Crippen LogP contribution in [0, 0.1) is 5.82 Å². The summed E-state index contributed by atoms with van der Waals surface area (Å²) in [5.41, 5.74) is 2.25. The molecular weight excluding hydrogens is 387 g/mol. The minimum absolute atomic E-state index is 0.180. The molecule has 0 fully saturated rings. The van der Waals surface area contributed by atoms with E-state index in [1.54, 1.807) is 0 Å². The standard InChI is InChI=1S/C16H15Br2FO/c1-2-20-16-8-5-12(10-15(16)18)14(17)9-11-3-6-13(19)7-4-11/h3-8,10,14H,2,9H2,1H3. The zero-order chi connectivity index (χ0) is 14.5. The molecule has 1 atom stereocenters. The van der Waals surface area contributed by atoms with Gasteiger partial charge in [0.1, 0.15) is 11.6 Å². The summed E-state index contributed by atoms with van der Waals surface area (Å²) >= 11 is 7.20. The first-order valence-corrected chi connectivity index (χ1v) is 8.11. The highest BCUT2D eigenvalue weighted by Gasteiger charge is 2.11. The molecule has 0 amide bonds. The van der Waals surface area contributed by atoms with E-state index >= 15 is 0 Å². The molecule has 1 nitrogen and oxygen atoms in total. The monoisotopic (exact) mass is 400 g/mol. The van der Waals surface area contributed by atoms with Gasteiger partial charge < -0.3 is 4.74 Å². The molecule has 0 saturated carbocycles. The minimum atomic E-state index is -0.205. The predicted octanol–water partition coefficient (Wildman–Crippen LogP) is 5.67. The molecule has 1 unspecified atom stereocenters. The third-order valence-electron chi connectivity index (χ3n) is 2.95. The van der Waals surface area contributed by atoms with E-state index in [-0.39, 0.29) is 10.6 Å². The van der Waals surface area contributed by atoms with Crippen LogP contribution in [0.2, 0.25) is 0 Å². The molecule has 0 aromatic heterocycles. The van der Waals surface area contributed by atoms with Gasteiger partial charge in [-0.3, -0.25) is 0 Å². The molecule has 4 heteroatoms. The Kier molecular flexibility index (Phi) is 5.61. The predicted molar refractivity (Wildman–Crippen MR) is 87.1 cm³/mol. The van der Waals surface area contributed by atoms with Gasteiger partial charge in [-0.05, 0) is 64.7 Å². The summed E-state index contributed by atoms with van der Waals surface area (Å²) in [6.45, 7) is 2.60. The normalized spacial score (nSPS) is 12.2. The van der Waals surface area contributed by atoms with Crippen LogP contribution in [0.15, 0.2) is 46.9 Å². The lowest BCUT2D eigenvalue weighted by Gasteiger charge is -2.13. The highest BCUT2D eigenvalue weighted by atomic mass is 79.9. The van der Waals surface area contributed by atoms with Gasteiger partial charge in [0.05, 0.1) is 11.1 Å². The topological polar surface area (TPSA) is 9.23 Å². The van der Waals surface area contributed by atoms with E-state index in [9.17, 15) is 4.39 Å². The Morgan fingerprint density at radius 3 is 2.45 bits per heavy atom. The van der Waals surface area contributed by atoms with Crippen molar-refractivity contribution in [2.24, 2.45) is 0 Å². The molecule has 0 saturated heterocycles. The average Bonchev–Trinajstić information content (AvgIpc) is 2.44. The quantitative estimate of drug-likeness (QED) is 0.587. The third kappa shape index (κ3) is 4.06. The first-order chi connectivity index (χ1) is 9.60. The van der Waals surface area contributed by atoms with Crippen LogP contribution in [0.1, 0.15) is 22.9 Å². The van der Waals surface area contributed by atoms with E-state index in [0.29, 0.717) is 6.61 Å². The molecule has 0 aliphatic rings. The SMILES string of the molecule is CCOc1ccc(C(Br)Cc2ccc(F)cc2)cc1Br. The van der Waals surface area contributed by atoms with Gasteiger partial charge in [-0.15, -0.1) is 0 Å². The van der Waals surface area contributed by atoms with Crippen molar-refractivity contribution in [1.29, 1.82) is 0 Å². The fourth-order valence-electron chi connectivity index (χ4n) is 1.93. The summed E-state index contributed by atoms with van der Waals surface area (Å²) in [5, 5.41) is 0. The molecule has 0 aliphatic carbocycles. The van der Waals surface area contributed by atoms with Gasteiger partial charge in [0.25, 0.3) is 0 Å². The van der Waals surface area contributed by atoms with Crippen LogP contribution < -0.4 is 4.74 Å². The van der Waals surface area contributed by atoms with Crippen LogP contribution in [0.3, 0.4) is 0 Å². The van der Waals surface area contributed by atoms with Gasteiger partial charge in [-0.25, -0.2) is 4.39 Å². The van der Waals surface area contributed by atoms with Crippen LogP contribution in [0.4, 0.5) is 4.39 Å². The highest BCUT2D eigenvalue weighted by Crippen LogP contribution is 2.33. The molecule has 2 aromatic carbocycles. The van der Waals surface area contributed by atoms with Crippen molar-refractivity contribution in [3.05, 3.63) is 63.9 Å². The molecule has 0 spiro atoms. The summed E-state index contributed by atoms with van der Waals surface area (Å²) in [7, 11) is 0. The molecule has 20 heavy (non-hydrogen) atoms. The van der Waals surface area contributed by atoms with Crippen molar-refractivity contribution in [2.75, 3.05) is 6.61 Å². The van der Waals surface area contributed by atoms with Gasteiger partial charge in [-0.2, -0.15) is 0 Å². The second-order valence-electron chi connectivity index (χ2n) is 4.42. The lowest BCUT2D eigenvalue weighted by molar-refractivity contribution is 0.338. The molecule has 0 N–H and O–H groups in total. The third-order valence-corrected chi connectivity index (χ3v) is 4.42. The molecule has 0 bridgehead atoms. The zero-order valence-corrected chi connectivity index (χ0v) is 14.2. The molecule has 0 aliphatic heterocycles. The number of rotatable bonds is 5. The smallest absolute Gasteiger partial charge is 0.133 e. The molecule has 106 valence electrons. The maximum atomic E-state index is 12.9. The highest BCUT2D eigenvalue weighted by molar-refractivity contribution is 9.10. The lowest BCUT2D eigenvalue weighted by Crippen LogP contribution is -1.97. The minimum Gasteiger partial charge on any atom is -0.493 e. The van der Waals surface area contributed by atoms with Gasteiger partial charge in [-0.1, -0.05) is 34.1 Å². The molecule has 0 heterocycles. The van der Waals surface area contributed by atoms with Crippen LogP contribution in [0.5, 0.6) is 5.75 Å². The van der Waals surface area contributed by atoms with Crippen LogP contribution >= 0.6 is 31.9 Å². The van der Waals surface area contributed by atoms with Crippen LogP contribution in [0.25, 0.3) is 0 Å². The molecular formula is C16H15Br2FO. The Hall–Kier alpha value is -0.870. The Bertz CT molecular complexity index is 569. The van der Waals surface area contributed by atoms with Gasteiger partial charge in [0.2, 0.25) is 0 Å². The number of alkyl halides is 1. The fraction of sp³-hybridized carbons (Fsp3) is 0.250. The zero-order valence-electron chi connectivity index (χ0n) is 11.1. The summed E-state index contributed by atoms with van der Waals surface area (Å²) in [6.07, 6.45) is 0.806. The van der Waals surface area contributed by atoms with Crippen molar-refractivity contribution < 1.29 is 9.13 Å². The summed E-state index contributed by atoms with van der Waals surface area (Å²) < 4.78 is 19.3. The maximum absolute atomic E-state index is 12.9. The van der Waals surface area contributed by atoms with E-state index in [0.717, 1.165) is 27.8 Å².